The molecule has 0 heterocycles. The Morgan fingerprint density at radius 2 is 2.18 bits per heavy atom. The highest BCUT2D eigenvalue weighted by molar-refractivity contribution is 6.20. The lowest BCUT2D eigenvalue weighted by Crippen LogP contribution is -2.33. The summed E-state index contributed by atoms with van der Waals surface area (Å²) >= 11 is 0. The average molecular weight is 156 g/mol. The van der Waals surface area contributed by atoms with Crippen LogP contribution in [0.5, 0.6) is 0 Å². The molecule has 0 bridgehead atoms. The first-order valence-electron chi connectivity index (χ1n) is 3.09. The number of carbonyl (C=O) groups excluding carboxylic acids is 1. The van der Waals surface area contributed by atoms with Crippen molar-refractivity contribution >= 4 is 11.6 Å². The van der Waals surface area contributed by atoms with Crippen molar-refractivity contribution in [2.75, 3.05) is 0 Å². The van der Waals surface area contributed by atoms with Gasteiger partial charge in [-0.15, -0.1) is 0 Å². The molecule has 0 rings (SSSR count). The summed E-state index contributed by atoms with van der Waals surface area (Å²) in [6.07, 6.45) is 1.59. The highest BCUT2D eigenvalue weighted by atomic mass is 16.2. The Labute approximate surface area is 65.1 Å². The molecule has 0 aromatic rings. The molecule has 0 saturated heterocycles. The maximum atomic E-state index is 10.9. The third-order valence-electron chi connectivity index (χ3n) is 1.25. The number of hydrogen-bond acceptors (Lipinski definition) is 4. The normalized spacial score (nSPS) is 13.0. The van der Waals surface area contributed by atoms with Gasteiger partial charge >= 0.3 is 0 Å². The summed E-state index contributed by atoms with van der Waals surface area (Å²) in [6, 6.07) is 0. The van der Waals surface area contributed by atoms with E-state index in [0.717, 1.165) is 0 Å². The number of carbonyl (C=O) groups is 1. The van der Waals surface area contributed by atoms with Crippen LogP contribution in [0, 0.1) is 0 Å². The number of nitrogens with one attached hydrogen (secondary N) is 1. The van der Waals surface area contributed by atoms with Crippen molar-refractivity contribution in [1.82, 2.24) is 5.43 Å². The van der Waals surface area contributed by atoms with Crippen molar-refractivity contribution in [3.8, 4) is 0 Å². The highest BCUT2D eigenvalue weighted by Crippen LogP contribution is 1.96. The maximum Gasteiger partial charge on any atom is 0.266 e. The Morgan fingerprint density at radius 1 is 1.64 bits per heavy atom. The molecular formula is C6H12N4O. The van der Waals surface area contributed by atoms with E-state index in [1.54, 1.807) is 19.9 Å². The Balaban J connectivity index is 4.57. The highest BCUT2D eigenvalue weighted by Gasteiger charge is 2.08. The zero-order chi connectivity index (χ0) is 8.85. The van der Waals surface area contributed by atoms with E-state index < -0.39 is 0 Å². The first-order chi connectivity index (χ1) is 5.17. The zero-order valence-electron chi connectivity index (χ0n) is 6.59. The summed E-state index contributed by atoms with van der Waals surface area (Å²) in [7, 11) is 0. The molecule has 5 heteroatoms. The quantitative estimate of drug-likeness (QED) is 0.161. The molecule has 5 N–H and O–H groups in total. The van der Waals surface area contributed by atoms with Gasteiger partial charge in [-0.3, -0.25) is 10.2 Å². The molecule has 1 amide bonds. The summed E-state index contributed by atoms with van der Waals surface area (Å²) in [5, 5.41) is 3.36. The van der Waals surface area contributed by atoms with E-state index in [-0.39, 0.29) is 5.91 Å². The van der Waals surface area contributed by atoms with E-state index >= 15 is 0 Å². The van der Waals surface area contributed by atoms with E-state index in [1.165, 1.54) is 0 Å². The van der Waals surface area contributed by atoms with Crippen molar-refractivity contribution in [1.29, 1.82) is 0 Å². The zero-order valence-corrected chi connectivity index (χ0v) is 6.59. The number of allylic oxidation sites excluding steroid dienone is 1. The molecule has 0 spiro atoms. The fraction of sp³-hybridized carbons (Fsp3) is 0.333. The lowest BCUT2D eigenvalue weighted by atomic mass is 10.1. The predicted molar refractivity (Wildman–Crippen MR) is 43.4 cm³/mol. The standard InChI is InChI=1S/C6H12N4O/c1-3-5(4(2)9-7)6(11)10-8/h3H,7-8H2,1-2H3,(H,10,11)/b5-3-,9-4+. The second kappa shape index (κ2) is 4.45. The molecule has 11 heavy (non-hydrogen) atoms. The third kappa shape index (κ3) is 2.38. The molecule has 0 aliphatic heterocycles. The lowest BCUT2D eigenvalue weighted by Gasteiger charge is -2.02. The summed E-state index contributed by atoms with van der Waals surface area (Å²) < 4.78 is 0. The average Bonchev–Trinajstić information content (AvgIpc) is 2.05. The third-order valence-corrected chi connectivity index (χ3v) is 1.25. The number of hydrazone groups is 1. The summed E-state index contributed by atoms with van der Waals surface area (Å²) in [6.45, 7) is 3.34. The van der Waals surface area contributed by atoms with Crippen LogP contribution in [0.15, 0.2) is 16.8 Å². The summed E-state index contributed by atoms with van der Waals surface area (Å²) in [5.41, 5.74) is 2.83. The van der Waals surface area contributed by atoms with Crippen LogP contribution in [0.25, 0.3) is 0 Å². The molecule has 62 valence electrons. The van der Waals surface area contributed by atoms with E-state index in [2.05, 4.69) is 5.10 Å². The van der Waals surface area contributed by atoms with E-state index in [1.807, 2.05) is 5.43 Å². The molecule has 0 saturated carbocycles. The van der Waals surface area contributed by atoms with E-state index in [9.17, 15) is 4.79 Å². The monoisotopic (exact) mass is 156 g/mol. The van der Waals surface area contributed by atoms with Gasteiger partial charge in [-0.1, -0.05) is 6.08 Å². The van der Waals surface area contributed by atoms with Crippen molar-refractivity contribution in [3.63, 3.8) is 0 Å². The molecule has 5 nitrogen and oxygen atoms in total. The van der Waals surface area contributed by atoms with E-state index in [0.29, 0.717) is 11.3 Å². The Bertz CT molecular complexity index is 207. The number of hydrogen-bond donors (Lipinski definition) is 3. The smallest absolute Gasteiger partial charge is 0.266 e. The van der Waals surface area contributed by atoms with Gasteiger partial charge in [-0.25, -0.2) is 5.84 Å². The molecule has 0 aliphatic rings. The summed E-state index contributed by atoms with van der Waals surface area (Å²) in [5.74, 6) is 9.48. The lowest BCUT2D eigenvalue weighted by molar-refractivity contribution is -0.117. The predicted octanol–water partition coefficient (Wildman–Crippen LogP) is -0.743. The Hall–Kier alpha value is -1.36. The first kappa shape index (κ1) is 9.64. The van der Waals surface area contributed by atoms with Crippen LogP contribution in [0.4, 0.5) is 0 Å². The van der Waals surface area contributed by atoms with E-state index in [4.69, 9.17) is 11.7 Å². The molecule has 0 unspecified atom stereocenters. The minimum absolute atomic E-state index is 0.384. The SMILES string of the molecule is C/C=C(C(=O)NN)/C(C)=N/N. The molecular weight excluding hydrogens is 144 g/mol. The largest absolute Gasteiger partial charge is 0.323 e. The molecule has 0 aromatic carbocycles. The van der Waals surface area contributed by atoms with Crippen LogP contribution in [-0.4, -0.2) is 11.6 Å². The second-order valence-corrected chi connectivity index (χ2v) is 1.89. The van der Waals surface area contributed by atoms with Gasteiger partial charge in [-0.2, -0.15) is 5.10 Å². The number of nitrogens with two attached hydrogens (primary N) is 2. The van der Waals surface area contributed by atoms with Gasteiger partial charge in [-0.05, 0) is 13.8 Å². The van der Waals surface area contributed by atoms with Crippen molar-refractivity contribution in [2.45, 2.75) is 13.8 Å². The van der Waals surface area contributed by atoms with Gasteiger partial charge in [0.05, 0.1) is 11.3 Å². The fourth-order valence-corrected chi connectivity index (χ4v) is 0.652. The number of hydrazine groups is 1. The number of amides is 1. The van der Waals surface area contributed by atoms with Gasteiger partial charge in [0.2, 0.25) is 0 Å². The van der Waals surface area contributed by atoms with Crippen molar-refractivity contribution in [3.05, 3.63) is 11.6 Å². The van der Waals surface area contributed by atoms with Crippen LogP contribution in [0.3, 0.4) is 0 Å². The first-order valence-corrected chi connectivity index (χ1v) is 3.09. The Kier molecular flexibility index (Phi) is 3.90. The number of rotatable bonds is 2. The van der Waals surface area contributed by atoms with Crippen LogP contribution in [-0.2, 0) is 4.79 Å². The minimum Gasteiger partial charge on any atom is -0.323 e. The van der Waals surface area contributed by atoms with Gasteiger partial charge in [0, 0.05) is 0 Å². The van der Waals surface area contributed by atoms with Gasteiger partial charge < -0.3 is 5.84 Å². The van der Waals surface area contributed by atoms with Crippen LogP contribution in [0.2, 0.25) is 0 Å². The maximum absolute atomic E-state index is 10.9. The van der Waals surface area contributed by atoms with Gasteiger partial charge in [0.1, 0.15) is 0 Å². The van der Waals surface area contributed by atoms with Gasteiger partial charge in [0.15, 0.2) is 0 Å². The fourth-order valence-electron chi connectivity index (χ4n) is 0.652. The molecule has 0 radical (unpaired) electrons. The van der Waals surface area contributed by atoms with Crippen LogP contribution in [0.1, 0.15) is 13.8 Å². The van der Waals surface area contributed by atoms with Crippen molar-refractivity contribution in [2.24, 2.45) is 16.8 Å². The van der Waals surface area contributed by atoms with Crippen molar-refractivity contribution < 1.29 is 4.79 Å². The number of nitrogens with zero attached hydrogens (tertiary/aromatic N) is 1. The molecule has 0 aromatic heterocycles. The molecule has 0 atom stereocenters. The van der Waals surface area contributed by atoms with Crippen LogP contribution < -0.4 is 17.1 Å². The van der Waals surface area contributed by atoms with Crippen LogP contribution >= 0.6 is 0 Å². The molecule has 0 fully saturated rings. The van der Waals surface area contributed by atoms with Gasteiger partial charge in [0.25, 0.3) is 5.91 Å². The topological polar surface area (TPSA) is 93.5 Å². The minimum atomic E-state index is -0.390. The summed E-state index contributed by atoms with van der Waals surface area (Å²) in [4.78, 5) is 10.9. The Morgan fingerprint density at radius 3 is 2.45 bits per heavy atom. The second-order valence-electron chi connectivity index (χ2n) is 1.89. The molecule has 0 aliphatic carbocycles.